The van der Waals surface area contributed by atoms with Crippen molar-refractivity contribution in [3.63, 3.8) is 0 Å². The van der Waals surface area contributed by atoms with E-state index in [1.807, 2.05) is 6.07 Å². The normalized spacial score (nSPS) is 28.3. The van der Waals surface area contributed by atoms with Crippen LogP contribution in [0.5, 0.6) is 5.75 Å². The maximum atomic E-state index is 5.30. The van der Waals surface area contributed by atoms with Crippen LogP contribution in [0, 0.1) is 5.92 Å². The van der Waals surface area contributed by atoms with Crippen LogP contribution in [-0.4, -0.2) is 19.2 Å². The van der Waals surface area contributed by atoms with Crippen molar-refractivity contribution >= 4 is 0 Å². The van der Waals surface area contributed by atoms with Crippen molar-refractivity contribution in [2.24, 2.45) is 5.92 Å². The molecular formula is C17H25NO. The van der Waals surface area contributed by atoms with Crippen LogP contribution in [-0.2, 0) is 0 Å². The minimum absolute atomic E-state index is 0.713. The average molecular weight is 259 g/mol. The molecule has 0 amide bonds. The number of hydrogen-bond acceptors (Lipinski definition) is 2. The monoisotopic (exact) mass is 259 g/mol. The largest absolute Gasteiger partial charge is 0.497 e. The fourth-order valence-electron chi connectivity index (χ4n) is 3.37. The van der Waals surface area contributed by atoms with E-state index in [-0.39, 0.29) is 0 Å². The van der Waals surface area contributed by atoms with E-state index >= 15 is 0 Å². The highest BCUT2D eigenvalue weighted by atomic mass is 16.5. The highest BCUT2D eigenvalue weighted by molar-refractivity contribution is 5.32. The minimum atomic E-state index is 0.713. The zero-order chi connectivity index (χ0) is 13.2. The van der Waals surface area contributed by atoms with Gasteiger partial charge in [-0.2, -0.15) is 0 Å². The summed E-state index contributed by atoms with van der Waals surface area (Å²) in [5.74, 6) is 2.65. The van der Waals surface area contributed by atoms with Crippen molar-refractivity contribution in [3.8, 4) is 5.75 Å². The summed E-state index contributed by atoms with van der Waals surface area (Å²) in [5, 5.41) is 3.82. The summed E-state index contributed by atoms with van der Waals surface area (Å²) in [6.45, 7) is 2.36. The first kappa shape index (κ1) is 13.0. The molecular weight excluding hydrogens is 234 g/mol. The van der Waals surface area contributed by atoms with Gasteiger partial charge in [0.25, 0.3) is 0 Å². The molecule has 1 atom stereocenters. The molecule has 0 saturated heterocycles. The fourth-order valence-corrected chi connectivity index (χ4v) is 3.37. The number of benzene rings is 1. The fraction of sp³-hybridized carbons (Fsp3) is 0.647. The van der Waals surface area contributed by atoms with Crippen molar-refractivity contribution in [3.05, 3.63) is 29.8 Å². The Balaban J connectivity index is 1.48. The summed E-state index contributed by atoms with van der Waals surface area (Å²) in [6.07, 6.45) is 6.86. The molecule has 2 saturated carbocycles. The first-order chi connectivity index (χ1) is 9.26. The summed E-state index contributed by atoms with van der Waals surface area (Å²) in [4.78, 5) is 0. The zero-order valence-corrected chi connectivity index (χ0v) is 12.1. The molecule has 19 heavy (non-hydrogen) atoms. The number of nitrogens with one attached hydrogen (secondary N) is 1. The third-order valence-corrected chi connectivity index (χ3v) is 5.06. The maximum Gasteiger partial charge on any atom is 0.119 e. The van der Waals surface area contributed by atoms with Gasteiger partial charge < -0.3 is 10.1 Å². The molecule has 1 aromatic carbocycles. The Morgan fingerprint density at radius 2 is 2.05 bits per heavy atom. The molecule has 0 spiro atoms. The lowest BCUT2D eigenvalue weighted by molar-refractivity contribution is 0.187. The van der Waals surface area contributed by atoms with Gasteiger partial charge in [0.1, 0.15) is 5.75 Å². The van der Waals surface area contributed by atoms with Crippen molar-refractivity contribution < 1.29 is 4.74 Å². The molecule has 2 heteroatoms. The Morgan fingerprint density at radius 3 is 2.68 bits per heavy atom. The molecule has 3 rings (SSSR count). The topological polar surface area (TPSA) is 21.3 Å². The Bertz CT molecular complexity index is 421. The number of hydrogen-bond donors (Lipinski definition) is 1. The van der Waals surface area contributed by atoms with E-state index in [1.165, 1.54) is 37.7 Å². The molecule has 2 aliphatic rings. The number of rotatable bonds is 5. The Morgan fingerprint density at radius 1 is 1.26 bits per heavy atom. The van der Waals surface area contributed by atoms with Crippen LogP contribution >= 0.6 is 0 Å². The molecule has 104 valence electrons. The number of ether oxygens (including phenoxy) is 1. The molecule has 0 heterocycles. The molecule has 0 aromatic heterocycles. The molecule has 1 aromatic rings. The predicted octanol–water partition coefficient (Wildman–Crippen LogP) is 3.72. The van der Waals surface area contributed by atoms with Crippen molar-refractivity contribution in [1.29, 1.82) is 0 Å². The standard InChI is InChI=1S/C17H25NO/c1-12(13-5-3-6-13)18-16-9-15(10-16)14-7-4-8-17(11-14)19-2/h4,7-8,11-13,15-16,18H,3,5-6,9-10H2,1-2H3. The van der Waals surface area contributed by atoms with E-state index in [0.29, 0.717) is 6.04 Å². The second-order valence-corrected chi connectivity index (χ2v) is 6.29. The van der Waals surface area contributed by atoms with Crippen LogP contribution in [0.2, 0.25) is 0 Å². The van der Waals surface area contributed by atoms with E-state index in [2.05, 4.69) is 30.4 Å². The van der Waals surface area contributed by atoms with E-state index in [4.69, 9.17) is 4.74 Å². The smallest absolute Gasteiger partial charge is 0.119 e. The van der Waals surface area contributed by atoms with Crippen LogP contribution in [0.4, 0.5) is 0 Å². The number of methoxy groups -OCH3 is 1. The van der Waals surface area contributed by atoms with Crippen LogP contribution in [0.3, 0.4) is 0 Å². The van der Waals surface area contributed by atoms with Gasteiger partial charge in [-0.1, -0.05) is 18.6 Å². The predicted molar refractivity (Wildman–Crippen MR) is 78.7 cm³/mol. The first-order valence-electron chi connectivity index (χ1n) is 7.66. The maximum absolute atomic E-state index is 5.30. The second kappa shape index (κ2) is 5.54. The molecule has 1 N–H and O–H groups in total. The highest BCUT2D eigenvalue weighted by Gasteiger charge is 2.33. The Kier molecular flexibility index (Phi) is 3.79. The van der Waals surface area contributed by atoms with Gasteiger partial charge in [-0.15, -0.1) is 0 Å². The molecule has 2 aliphatic carbocycles. The van der Waals surface area contributed by atoms with Gasteiger partial charge in [-0.25, -0.2) is 0 Å². The lowest BCUT2D eigenvalue weighted by Crippen LogP contribution is -2.48. The van der Waals surface area contributed by atoms with Crippen LogP contribution in [0.1, 0.15) is 50.5 Å². The summed E-state index contributed by atoms with van der Waals surface area (Å²) >= 11 is 0. The first-order valence-corrected chi connectivity index (χ1v) is 7.66. The average Bonchev–Trinajstić information content (AvgIpc) is 2.31. The summed E-state index contributed by atoms with van der Waals surface area (Å²) in [6, 6.07) is 9.99. The minimum Gasteiger partial charge on any atom is -0.497 e. The third-order valence-electron chi connectivity index (χ3n) is 5.06. The van der Waals surface area contributed by atoms with Gasteiger partial charge >= 0.3 is 0 Å². The van der Waals surface area contributed by atoms with Gasteiger partial charge in [0.2, 0.25) is 0 Å². The molecule has 2 fully saturated rings. The molecule has 1 unspecified atom stereocenters. The van der Waals surface area contributed by atoms with Crippen molar-refractivity contribution in [1.82, 2.24) is 5.32 Å². The molecule has 0 radical (unpaired) electrons. The SMILES string of the molecule is COc1cccc(C2CC(NC(C)C3CCC3)C2)c1. The van der Waals surface area contributed by atoms with E-state index < -0.39 is 0 Å². The lowest BCUT2D eigenvalue weighted by atomic mass is 9.74. The zero-order valence-electron chi connectivity index (χ0n) is 12.1. The lowest BCUT2D eigenvalue weighted by Gasteiger charge is -2.41. The molecule has 0 aliphatic heterocycles. The summed E-state index contributed by atoms with van der Waals surface area (Å²) in [5.41, 5.74) is 1.44. The molecule has 2 nitrogen and oxygen atoms in total. The van der Waals surface area contributed by atoms with Crippen molar-refractivity contribution in [2.75, 3.05) is 7.11 Å². The summed E-state index contributed by atoms with van der Waals surface area (Å²) in [7, 11) is 1.74. The van der Waals surface area contributed by atoms with Crippen LogP contribution in [0.25, 0.3) is 0 Å². The second-order valence-electron chi connectivity index (χ2n) is 6.29. The van der Waals surface area contributed by atoms with E-state index in [0.717, 1.165) is 23.6 Å². The van der Waals surface area contributed by atoms with Crippen molar-refractivity contribution in [2.45, 2.75) is 57.0 Å². The van der Waals surface area contributed by atoms with Crippen LogP contribution < -0.4 is 10.1 Å². The van der Waals surface area contributed by atoms with Crippen LogP contribution in [0.15, 0.2) is 24.3 Å². The summed E-state index contributed by atoms with van der Waals surface area (Å²) < 4.78 is 5.30. The third kappa shape index (κ3) is 2.79. The van der Waals surface area contributed by atoms with E-state index in [9.17, 15) is 0 Å². The highest BCUT2D eigenvalue weighted by Crippen LogP contribution is 2.39. The van der Waals surface area contributed by atoms with Gasteiger partial charge in [0, 0.05) is 12.1 Å². The van der Waals surface area contributed by atoms with Gasteiger partial charge in [0.05, 0.1) is 7.11 Å². The van der Waals surface area contributed by atoms with Gasteiger partial charge in [0.15, 0.2) is 0 Å². The Labute approximate surface area is 116 Å². The van der Waals surface area contributed by atoms with E-state index in [1.54, 1.807) is 7.11 Å². The molecule has 0 bridgehead atoms. The Hall–Kier alpha value is -1.02. The van der Waals surface area contributed by atoms with Gasteiger partial charge in [-0.05, 0) is 62.1 Å². The van der Waals surface area contributed by atoms with Gasteiger partial charge in [-0.3, -0.25) is 0 Å². The quantitative estimate of drug-likeness (QED) is 0.870.